The maximum Gasteiger partial charge on any atom is 0.180 e. The molecule has 0 radical (unpaired) electrons. The number of hydrogen-bond donors (Lipinski definition) is 1. The molecule has 1 rings (SSSR count). The van der Waals surface area contributed by atoms with Crippen molar-refractivity contribution in [1.82, 2.24) is 0 Å². The number of ketones is 1. The van der Waals surface area contributed by atoms with Gasteiger partial charge in [-0.3, -0.25) is 4.79 Å². The molecule has 0 aliphatic heterocycles. The highest BCUT2D eigenvalue weighted by molar-refractivity contribution is 6.34. The Morgan fingerprint density at radius 2 is 2.15 bits per heavy atom. The van der Waals surface area contributed by atoms with Gasteiger partial charge in [0.2, 0.25) is 0 Å². The summed E-state index contributed by atoms with van der Waals surface area (Å²) in [5.74, 6) is -0.117. The van der Waals surface area contributed by atoms with Crippen molar-refractivity contribution in [2.75, 3.05) is 0 Å². The lowest BCUT2D eigenvalue weighted by atomic mass is 10.0. The van der Waals surface area contributed by atoms with Gasteiger partial charge in [-0.25, -0.2) is 0 Å². The van der Waals surface area contributed by atoms with Crippen molar-refractivity contribution in [2.24, 2.45) is 5.73 Å². The first-order valence-electron chi connectivity index (χ1n) is 4.08. The molecule has 0 fully saturated rings. The summed E-state index contributed by atoms with van der Waals surface area (Å²) in [6.07, 6.45) is 0. The Labute approximate surface area is 82.7 Å². The van der Waals surface area contributed by atoms with E-state index in [-0.39, 0.29) is 5.78 Å². The number of carbonyl (C=O) groups excluding carboxylic acids is 1. The van der Waals surface area contributed by atoms with Crippen LogP contribution in [0.25, 0.3) is 0 Å². The minimum absolute atomic E-state index is 0.117. The van der Waals surface area contributed by atoms with Crippen LogP contribution in [0.3, 0.4) is 0 Å². The zero-order chi connectivity index (χ0) is 10.0. The molecule has 1 unspecified atom stereocenters. The van der Waals surface area contributed by atoms with Crippen LogP contribution in [0.1, 0.15) is 22.8 Å². The lowest BCUT2D eigenvalue weighted by Crippen LogP contribution is -2.26. The summed E-state index contributed by atoms with van der Waals surface area (Å²) >= 11 is 5.86. The Morgan fingerprint density at radius 3 is 2.69 bits per heavy atom. The van der Waals surface area contributed by atoms with E-state index in [1.54, 1.807) is 19.1 Å². The van der Waals surface area contributed by atoms with E-state index in [1.807, 2.05) is 13.0 Å². The third kappa shape index (κ3) is 2.29. The van der Waals surface area contributed by atoms with Crippen LogP contribution in [-0.2, 0) is 0 Å². The molecule has 3 heteroatoms. The minimum atomic E-state index is -0.501. The van der Waals surface area contributed by atoms with Crippen LogP contribution in [-0.4, -0.2) is 11.8 Å². The van der Waals surface area contributed by atoms with Crippen LogP contribution in [0.2, 0.25) is 5.02 Å². The first kappa shape index (κ1) is 10.2. The Bertz CT molecular complexity index is 334. The summed E-state index contributed by atoms with van der Waals surface area (Å²) in [4.78, 5) is 11.5. The molecule has 0 saturated heterocycles. The van der Waals surface area contributed by atoms with E-state index in [0.29, 0.717) is 10.6 Å². The molecule has 1 aromatic carbocycles. The van der Waals surface area contributed by atoms with Crippen molar-refractivity contribution in [3.63, 3.8) is 0 Å². The second kappa shape index (κ2) is 3.90. The maximum absolute atomic E-state index is 11.5. The second-order valence-corrected chi connectivity index (χ2v) is 3.54. The third-order valence-electron chi connectivity index (χ3n) is 1.80. The van der Waals surface area contributed by atoms with Crippen LogP contribution in [0.5, 0.6) is 0 Å². The van der Waals surface area contributed by atoms with Crippen LogP contribution < -0.4 is 5.73 Å². The van der Waals surface area contributed by atoms with Gasteiger partial charge in [0.25, 0.3) is 0 Å². The summed E-state index contributed by atoms with van der Waals surface area (Å²) < 4.78 is 0. The molecule has 0 aliphatic rings. The molecule has 0 aliphatic carbocycles. The molecule has 1 atom stereocenters. The topological polar surface area (TPSA) is 43.1 Å². The smallest absolute Gasteiger partial charge is 0.180 e. The lowest BCUT2D eigenvalue weighted by Gasteiger charge is -2.06. The van der Waals surface area contributed by atoms with Gasteiger partial charge >= 0.3 is 0 Å². The Kier molecular flexibility index (Phi) is 3.07. The number of carbonyl (C=O) groups is 1. The van der Waals surface area contributed by atoms with Gasteiger partial charge in [-0.1, -0.05) is 23.2 Å². The minimum Gasteiger partial charge on any atom is -0.321 e. The van der Waals surface area contributed by atoms with Crippen molar-refractivity contribution in [3.8, 4) is 0 Å². The van der Waals surface area contributed by atoms with E-state index < -0.39 is 6.04 Å². The summed E-state index contributed by atoms with van der Waals surface area (Å²) in [6.45, 7) is 3.56. The van der Waals surface area contributed by atoms with Crippen LogP contribution in [0, 0.1) is 6.92 Å². The van der Waals surface area contributed by atoms with E-state index in [9.17, 15) is 4.79 Å². The largest absolute Gasteiger partial charge is 0.321 e. The van der Waals surface area contributed by atoms with Crippen molar-refractivity contribution in [3.05, 3.63) is 34.3 Å². The van der Waals surface area contributed by atoms with Crippen molar-refractivity contribution >= 4 is 17.4 Å². The van der Waals surface area contributed by atoms with Crippen LogP contribution in [0.4, 0.5) is 0 Å². The molecular weight excluding hydrogens is 186 g/mol. The highest BCUT2D eigenvalue weighted by atomic mass is 35.5. The average Bonchev–Trinajstić information content (AvgIpc) is 2.08. The van der Waals surface area contributed by atoms with Gasteiger partial charge in [0, 0.05) is 5.56 Å². The maximum atomic E-state index is 11.5. The molecule has 2 N–H and O–H groups in total. The van der Waals surface area contributed by atoms with Gasteiger partial charge in [0.15, 0.2) is 5.78 Å². The van der Waals surface area contributed by atoms with Crippen molar-refractivity contribution in [1.29, 1.82) is 0 Å². The Morgan fingerprint density at radius 1 is 1.54 bits per heavy atom. The van der Waals surface area contributed by atoms with Crippen LogP contribution in [0.15, 0.2) is 18.2 Å². The normalized spacial score (nSPS) is 12.6. The van der Waals surface area contributed by atoms with Crippen LogP contribution >= 0.6 is 11.6 Å². The van der Waals surface area contributed by atoms with Crippen molar-refractivity contribution in [2.45, 2.75) is 19.9 Å². The SMILES string of the molecule is Cc1ccc(Cl)c(C(=O)C(C)N)c1. The summed E-state index contributed by atoms with van der Waals surface area (Å²) in [7, 11) is 0. The fraction of sp³-hybridized carbons (Fsp3) is 0.300. The molecular formula is C10H12ClNO. The molecule has 70 valence electrons. The van der Waals surface area contributed by atoms with E-state index in [1.165, 1.54) is 0 Å². The third-order valence-corrected chi connectivity index (χ3v) is 2.13. The number of Topliss-reactive ketones (excluding diaryl/α,β-unsaturated/α-hetero) is 1. The van der Waals surface area contributed by atoms with E-state index in [4.69, 9.17) is 17.3 Å². The average molecular weight is 198 g/mol. The first-order chi connectivity index (χ1) is 6.02. The van der Waals surface area contributed by atoms with Gasteiger partial charge in [0.05, 0.1) is 11.1 Å². The number of aryl methyl sites for hydroxylation is 1. The van der Waals surface area contributed by atoms with Gasteiger partial charge < -0.3 is 5.73 Å². The van der Waals surface area contributed by atoms with Gasteiger partial charge in [0.1, 0.15) is 0 Å². The highest BCUT2D eigenvalue weighted by Crippen LogP contribution is 2.18. The molecule has 13 heavy (non-hydrogen) atoms. The molecule has 1 aromatic rings. The van der Waals surface area contributed by atoms with E-state index in [2.05, 4.69) is 0 Å². The standard InChI is InChI=1S/C10H12ClNO/c1-6-3-4-9(11)8(5-6)10(13)7(2)12/h3-5,7H,12H2,1-2H3. The summed E-state index contributed by atoms with van der Waals surface area (Å²) in [6, 6.07) is 4.83. The number of hydrogen-bond acceptors (Lipinski definition) is 2. The van der Waals surface area contributed by atoms with Gasteiger partial charge in [-0.15, -0.1) is 0 Å². The molecule has 2 nitrogen and oxygen atoms in total. The molecule has 0 saturated carbocycles. The van der Waals surface area contributed by atoms with E-state index in [0.717, 1.165) is 5.56 Å². The lowest BCUT2D eigenvalue weighted by molar-refractivity contribution is 0.0968. The predicted octanol–water partition coefficient (Wildman–Crippen LogP) is 2.18. The van der Waals surface area contributed by atoms with E-state index >= 15 is 0 Å². The summed E-state index contributed by atoms with van der Waals surface area (Å²) in [5.41, 5.74) is 7.00. The monoisotopic (exact) mass is 197 g/mol. The fourth-order valence-corrected chi connectivity index (χ4v) is 1.28. The molecule has 0 aromatic heterocycles. The number of halogens is 1. The summed E-state index contributed by atoms with van der Waals surface area (Å²) in [5, 5.41) is 0.466. The van der Waals surface area contributed by atoms with Crippen molar-refractivity contribution < 1.29 is 4.79 Å². The Hall–Kier alpha value is -0.860. The highest BCUT2D eigenvalue weighted by Gasteiger charge is 2.13. The second-order valence-electron chi connectivity index (χ2n) is 3.14. The molecule has 0 spiro atoms. The number of rotatable bonds is 2. The molecule has 0 amide bonds. The quantitative estimate of drug-likeness (QED) is 0.739. The predicted molar refractivity (Wildman–Crippen MR) is 54.2 cm³/mol. The molecule has 0 bridgehead atoms. The zero-order valence-electron chi connectivity index (χ0n) is 7.67. The number of nitrogens with two attached hydrogens (primary N) is 1. The zero-order valence-corrected chi connectivity index (χ0v) is 8.43. The fourth-order valence-electron chi connectivity index (χ4n) is 1.07. The first-order valence-corrected chi connectivity index (χ1v) is 4.46. The van der Waals surface area contributed by atoms with Gasteiger partial charge in [-0.2, -0.15) is 0 Å². The molecule has 0 heterocycles. The van der Waals surface area contributed by atoms with Gasteiger partial charge in [-0.05, 0) is 26.0 Å². The Balaban J connectivity index is 3.13. The number of benzene rings is 1.